The summed E-state index contributed by atoms with van der Waals surface area (Å²) in [6.07, 6.45) is 3.43. The number of hydrogen-bond acceptors (Lipinski definition) is 5. The Morgan fingerprint density at radius 3 is 2.74 bits per heavy atom. The van der Waals surface area contributed by atoms with Crippen LogP contribution in [0.4, 0.5) is 8.78 Å². The van der Waals surface area contributed by atoms with Crippen molar-refractivity contribution < 1.29 is 21.9 Å². The van der Waals surface area contributed by atoms with E-state index in [2.05, 4.69) is 19.9 Å². The van der Waals surface area contributed by atoms with Crippen LogP contribution in [0.5, 0.6) is 5.88 Å². The van der Waals surface area contributed by atoms with Crippen LogP contribution >= 0.6 is 0 Å². The fourth-order valence-electron chi connectivity index (χ4n) is 3.16. The Kier molecular flexibility index (Phi) is 4.33. The molecule has 4 rings (SSSR count). The second-order valence-corrected chi connectivity index (χ2v) is 8.70. The van der Waals surface area contributed by atoms with E-state index >= 15 is 0 Å². The van der Waals surface area contributed by atoms with Gasteiger partial charge in [-0.3, -0.25) is 10.1 Å². The highest BCUT2D eigenvalue weighted by molar-refractivity contribution is 7.91. The van der Waals surface area contributed by atoms with Crippen molar-refractivity contribution in [2.24, 2.45) is 5.92 Å². The van der Waals surface area contributed by atoms with Crippen LogP contribution in [0.2, 0.25) is 0 Å². The van der Waals surface area contributed by atoms with Crippen LogP contribution in [-0.2, 0) is 9.84 Å². The van der Waals surface area contributed by atoms with Gasteiger partial charge < -0.3 is 4.74 Å². The van der Waals surface area contributed by atoms with Crippen molar-refractivity contribution in [3.8, 4) is 17.1 Å². The fraction of sp³-hybridized carbons (Fsp3) is 0.333. The number of alkyl halides is 2. The van der Waals surface area contributed by atoms with Crippen molar-refractivity contribution in [2.45, 2.75) is 31.3 Å². The zero-order chi connectivity index (χ0) is 19.2. The van der Waals surface area contributed by atoms with Gasteiger partial charge in [0.05, 0.1) is 27.2 Å². The summed E-state index contributed by atoms with van der Waals surface area (Å²) in [7, 11) is -3.35. The number of fused-ring (bicyclic) bond motifs is 1. The number of halogens is 2. The minimum Gasteiger partial charge on any atom is -0.415 e. The Morgan fingerprint density at radius 2 is 2.07 bits per heavy atom. The first-order chi connectivity index (χ1) is 12.8. The summed E-state index contributed by atoms with van der Waals surface area (Å²) in [4.78, 5) is 4.57. The van der Waals surface area contributed by atoms with Gasteiger partial charge in [-0.05, 0) is 49.4 Å². The zero-order valence-corrected chi connectivity index (χ0v) is 15.3. The third kappa shape index (κ3) is 3.51. The van der Waals surface area contributed by atoms with Gasteiger partial charge in [-0.2, -0.15) is 8.78 Å². The number of rotatable bonds is 6. The lowest BCUT2D eigenvalue weighted by Crippen LogP contribution is -2.10. The summed E-state index contributed by atoms with van der Waals surface area (Å²) in [6.45, 7) is -1.30. The number of H-pyrrole nitrogens is 1. The molecule has 27 heavy (non-hydrogen) atoms. The van der Waals surface area contributed by atoms with E-state index in [1.807, 2.05) is 0 Å². The van der Waals surface area contributed by atoms with E-state index in [0.29, 0.717) is 32.6 Å². The lowest BCUT2D eigenvalue weighted by atomic mass is 10.1. The maximum Gasteiger partial charge on any atom is 0.388 e. The Hall–Kier alpha value is -2.55. The number of ether oxygens (including phenoxy) is 1. The standard InChI is InChI=1S/C18H17F2N3O3S/c1-10-8-12(4-5-14(10)27(24,25)9-11-2-3-11)16-15-13(6-7-21-16)22-23-17(15)26-18(19)20/h4-8,11,18H,2-3,9H2,1H3,(H,22,23). The topological polar surface area (TPSA) is 84.9 Å². The smallest absolute Gasteiger partial charge is 0.388 e. The minimum atomic E-state index is -3.35. The second-order valence-electron chi connectivity index (χ2n) is 6.69. The molecule has 3 aromatic rings. The van der Waals surface area contributed by atoms with Crippen LogP contribution in [0, 0.1) is 12.8 Å². The average Bonchev–Trinajstić information content (AvgIpc) is 3.31. The summed E-state index contributed by atoms with van der Waals surface area (Å²) < 4.78 is 54.9. The molecule has 1 aliphatic rings. The Labute approximate surface area is 154 Å². The number of nitrogens with zero attached hydrogens (tertiary/aromatic N) is 2. The van der Waals surface area contributed by atoms with Crippen LogP contribution in [0.3, 0.4) is 0 Å². The van der Waals surface area contributed by atoms with Crippen LogP contribution < -0.4 is 4.74 Å². The Balaban J connectivity index is 1.78. The molecule has 1 aliphatic carbocycles. The van der Waals surface area contributed by atoms with E-state index in [9.17, 15) is 17.2 Å². The van der Waals surface area contributed by atoms with E-state index in [-0.39, 0.29) is 17.6 Å². The van der Waals surface area contributed by atoms with Crippen molar-refractivity contribution in [1.82, 2.24) is 15.2 Å². The van der Waals surface area contributed by atoms with Crippen LogP contribution in [-0.4, -0.2) is 36.0 Å². The summed E-state index contributed by atoms with van der Waals surface area (Å²) in [6, 6.07) is 6.48. The lowest BCUT2D eigenvalue weighted by Gasteiger charge is -2.10. The molecule has 142 valence electrons. The number of pyridine rings is 1. The molecule has 1 N–H and O–H groups in total. The van der Waals surface area contributed by atoms with Crippen molar-refractivity contribution in [3.63, 3.8) is 0 Å². The Morgan fingerprint density at radius 1 is 1.30 bits per heavy atom. The van der Waals surface area contributed by atoms with Gasteiger partial charge in [0, 0.05) is 11.8 Å². The third-order valence-corrected chi connectivity index (χ3v) is 6.62. The first-order valence-corrected chi connectivity index (χ1v) is 10.1. The molecule has 0 spiro atoms. The van der Waals surface area contributed by atoms with Gasteiger partial charge in [0.2, 0.25) is 5.88 Å². The van der Waals surface area contributed by atoms with Crippen LogP contribution in [0.25, 0.3) is 22.2 Å². The SMILES string of the molecule is Cc1cc(-c2nccc3[nH]nc(OC(F)F)c23)ccc1S(=O)(=O)CC1CC1. The summed E-state index contributed by atoms with van der Waals surface area (Å²) in [5.74, 6) is 0.172. The second kappa shape index (κ2) is 6.56. The first-order valence-electron chi connectivity index (χ1n) is 8.47. The molecule has 9 heteroatoms. The molecule has 0 saturated heterocycles. The predicted molar refractivity (Wildman–Crippen MR) is 95.5 cm³/mol. The molecule has 0 aliphatic heterocycles. The number of hydrogen-bond donors (Lipinski definition) is 1. The van der Waals surface area contributed by atoms with Gasteiger partial charge in [-0.15, -0.1) is 5.10 Å². The van der Waals surface area contributed by atoms with Gasteiger partial charge in [-0.1, -0.05) is 6.07 Å². The van der Waals surface area contributed by atoms with Crippen molar-refractivity contribution in [2.75, 3.05) is 5.75 Å². The molecule has 0 atom stereocenters. The van der Waals surface area contributed by atoms with Crippen LogP contribution in [0.15, 0.2) is 35.4 Å². The van der Waals surface area contributed by atoms with Crippen molar-refractivity contribution >= 4 is 20.7 Å². The number of nitrogens with one attached hydrogen (secondary N) is 1. The number of aromatic amines is 1. The quantitative estimate of drug-likeness (QED) is 0.690. The summed E-state index contributed by atoms with van der Waals surface area (Å²) >= 11 is 0. The molecule has 0 amide bonds. The van der Waals surface area contributed by atoms with Gasteiger partial charge in [-0.25, -0.2) is 8.42 Å². The van der Waals surface area contributed by atoms with E-state index in [1.165, 1.54) is 6.20 Å². The number of benzene rings is 1. The number of aryl methyl sites for hydroxylation is 1. The highest BCUT2D eigenvalue weighted by atomic mass is 32.2. The van der Waals surface area contributed by atoms with E-state index in [0.717, 1.165) is 12.8 Å². The van der Waals surface area contributed by atoms with Crippen LogP contribution in [0.1, 0.15) is 18.4 Å². The molecule has 1 saturated carbocycles. The first kappa shape index (κ1) is 17.8. The lowest BCUT2D eigenvalue weighted by molar-refractivity contribution is -0.0518. The van der Waals surface area contributed by atoms with E-state index in [1.54, 1.807) is 31.2 Å². The molecule has 2 aromatic heterocycles. The van der Waals surface area contributed by atoms with Crippen molar-refractivity contribution in [1.29, 1.82) is 0 Å². The fourth-order valence-corrected chi connectivity index (χ4v) is 5.12. The molecule has 6 nitrogen and oxygen atoms in total. The zero-order valence-electron chi connectivity index (χ0n) is 14.4. The molecular formula is C18H17F2N3O3S. The molecule has 2 heterocycles. The molecule has 0 unspecified atom stereocenters. The van der Waals surface area contributed by atoms with Gasteiger partial charge >= 0.3 is 6.61 Å². The largest absolute Gasteiger partial charge is 0.415 e. The Bertz CT molecular complexity index is 1110. The van der Waals surface area contributed by atoms with E-state index < -0.39 is 16.4 Å². The summed E-state index contributed by atoms with van der Waals surface area (Å²) in [5, 5.41) is 6.74. The molecule has 1 aromatic carbocycles. The third-order valence-electron chi connectivity index (χ3n) is 4.58. The molecule has 0 bridgehead atoms. The number of sulfone groups is 1. The van der Waals surface area contributed by atoms with Gasteiger partial charge in [0.15, 0.2) is 9.84 Å². The monoisotopic (exact) mass is 393 g/mol. The molecular weight excluding hydrogens is 376 g/mol. The maximum absolute atomic E-state index is 12.7. The predicted octanol–water partition coefficient (Wildman–Crippen LogP) is 3.72. The minimum absolute atomic E-state index is 0.162. The maximum atomic E-state index is 12.7. The van der Waals surface area contributed by atoms with Gasteiger partial charge in [0.25, 0.3) is 0 Å². The molecule has 0 radical (unpaired) electrons. The number of aromatic nitrogens is 3. The summed E-state index contributed by atoms with van der Waals surface area (Å²) in [5.41, 5.74) is 2.08. The molecule has 1 fully saturated rings. The normalized spacial score (nSPS) is 14.8. The van der Waals surface area contributed by atoms with Gasteiger partial charge in [0.1, 0.15) is 0 Å². The average molecular weight is 393 g/mol. The highest BCUT2D eigenvalue weighted by Gasteiger charge is 2.30. The highest BCUT2D eigenvalue weighted by Crippen LogP contribution is 2.36. The van der Waals surface area contributed by atoms with Crippen molar-refractivity contribution in [3.05, 3.63) is 36.0 Å². The van der Waals surface area contributed by atoms with E-state index in [4.69, 9.17) is 0 Å².